The Kier molecular flexibility index (Phi) is 8.45. The number of nitrogens with zero attached hydrogens (tertiary/aromatic N) is 1. The molecule has 0 bridgehead atoms. The van der Waals surface area contributed by atoms with Crippen LogP contribution in [0.15, 0.2) is 42.5 Å². The first-order valence-corrected chi connectivity index (χ1v) is 12.0. The minimum absolute atomic E-state index is 0.0983. The van der Waals surface area contributed by atoms with E-state index in [1.54, 1.807) is 76.1 Å². The molecule has 1 saturated carbocycles. The van der Waals surface area contributed by atoms with Gasteiger partial charge in [0.1, 0.15) is 29.7 Å². The zero-order valence-electron chi connectivity index (χ0n) is 21.5. The molecular formula is C27H35N3O6. The molecule has 194 valence electrons. The number of anilines is 1. The lowest BCUT2D eigenvalue weighted by Gasteiger charge is -2.42. The molecule has 0 aromatic heterocycles. The Morgan fingerprint density at radius 3 is 2.31 bits per heavy atom. The van der Waals surface area contributed by atoms with E-state index in [-0.39, 0.29) is 18.3 Å². The van der Waals surface area contributed by atoms with Crippen LogP contribution in [0, 0.1) is 6.92 Å². The van der Waals surface area contributed by atoms with E-state index >= 15 is 0 Å². The lowest BCUT2D eigenvalue weighted by atomic mass is 9.88. The van der Waals surface area contributed by atoms with Gasteiger partial charge in [-0.1, -0.05) is 6.07 Å². The molecule has 0 spiro atoms. The van der Waals surface area contributed by atoms with Crippen LogP contribution in [0.25, 0.3) is 0 Å². The Hall–Kier alpha value is -3.75. The molecule has 3 amide bonds. The molecule has 9 nitrogen and oxygen atoms in total. The fourth-order valence-electron chi connectivity index (χ4n) is 3.95. The van der Waals surface area contributed by atoms with Gasteiger partial charge in [-0.15, -0.1) is 0 Å². The van der Waals surface area contributed by atoms with Crippen molar-refractivity contribution in [2.45, 2.75) is 64.6 Å². The molecule has 2 aromatic rings. The fraction of sp³-hybridized carbons (Fsp3) is 0.444. The molecule has 1 atom stereocenters. The van der Waals surface area contributed by atoms with E-state index < -0.39 is 29.6 Å². The topological polar surface area (TPSA) is 117 Å². The summed E-state index contributed by atoms with van der Waals surface area (Å²) in [4.78, 5) is 40.8. The van der Waals surface area contributed by atoms with Crippen LogP contribution in [-0.2, 0) is 14.3 Å². The van der Waals surface area contributed by atoms with Gasteiger partial charge in [0, 0.05) is 11.7 Å². The largest absolute Gasteiger partial charge is 0.508 e. The third-order valence-corrected chi connectivity index (χ3v) is 5.96. The number of carbonyl (C=O) groups excluding carboxylic acids is 3. The summed E-state index contributed by atoms with van der Waals surface area (Å²) in [5.74, 6) is -0.0479. The lowest BCUT2D eigenvalue weighted by Crippen LogP contribution is -2.53. The smallest absolute Gasteiger partial charge is 0.408 e. The standard InChI is InChI=1S/C27H35N3O6/c1-17-15-18(9-14-22(17)31)24(25(33)29-19-10-12-21(35-5)13-11-19)30(20-7-6-8-20)23(32)16-28-26(34)36-27(2,3)4/h9-15,20,24,31H,6-8,16H2,1-5H3,(H,28,34)(H,29,33). The highest BCUT2D eigenvalue weighted by Gasteiger charge is 2.39. The molecule has 9 heteroatoms. The number of hydrogen-bond donors (Lipinski definition) is 3. The Morgan fingerprint density at radius 2 is 1.78 bits per heavy atom. The van der Waals surface area contributed by atoms with Gasteiger partial charge in [0.25, 0.3) is 5.91 Å². The van der Waals surface area contributed by atoms with Crippen LogP contribution in [0.5, 0.6) is 11.5 Å². The number of methoxy groups -OCH3 is 1. The van der Waals surface area contributed by atoms with Crippen molar-refractivity contribution in [1.29, 1.82) is 0 Å². The maximum Gasteiger partial charge on any atom is 0.408 e. The molecule has 3 N–H and O–H groups in total. The maximum absolute atomic E-state index is 13.7. The zero-order valence-corrected chi connectivity index (χ0v) is 21.5. The third-order valence-electron chi connectivity index (χ3n) is 5.96. The molecule has 3 rings (SSSR count). The summed E-state index contributed by atoms with van der Waals surface area (Å²) in [6, 6.07) is 10.6. The van der Waals surface area contributed by atoms with Gasteiger partial charge < -0.3 is 30.1 Å². The first-order chi connectivity index (χ1) is 17.0. The number of nitrogens with one attached hydrogen (secondary N) is 2. The van der Waals surface area contributed by atoms with Gasteiger partial charge >= 0.3 is 6.09 Å². The predicted molar refractivity (Wildman–Crippen MR) is 136 cm³/mol. The highest BCUT2D eigenvalue weighted by atomic mass is 16.6. The number of hydrogen-bond acceptors (Lipinski definition) is 6. The van der Waals surface area contributed by atoms with Gasteiger partial charge in [-0.2, -0.15) is 0 Å². The van der Waals surface area contributed by atoms with Gasteiger partial charge in [0.2, 0.25) is 5.91 Å². The van der Waals surface area contributed by atoms with E-state index in [0.717, 1.165) is 19.3 Å². The zero-order chi connectivity index (χ0) is 26.5. The normalized spacial score (nSPS) is 14.2. The summed E-state index contributed by atoms with van der Waals surface area (Å²) >= 11 is 0. The number of carbonyl (C=O) groups is 3. The highest BCUT2D eigenvalue weighted by Crippen LogP contribution is 2.35. The second-order valence-corrected chi connectivity index (χ2v) is 9.91. The summed E-state index contributed by atoms with van der Waals surface area (Å²) in [5.41, 5.74) is 0.996. The molecule has 0 heterocycles. The van der Waals surface area contributed by atoms with E-state index in [1.165, 1.54) is 6.07 Å². The molecule has 2 aromatic carbocycles. The number of aromatic hydroxyl groups is 1. The fourth-order valence-corrected chi connectivity index (χ4v) is 3.95. The molecule has 1 aliphatic carbocycles. The number of phenols is 1. The number of rotatable bonds is 8. The molecule has 1 unspecified atom stereocenters. The monoisotopic (exact) mass is 497 g/mol. The number of amides is 3. The summed E-state index contributed by atoms with van der Waals surface area (Å²) in [5, 5.41) is 15.5. The molecule has 0 aliphatic heterocycles. The van der Waals surface area contributed by atoms with Gasteiger partial charge in [-0.3, -0.25) is 9.59 Å². The van der Waals surface area contributed by atoms with Gasteiger partial charge in [0.05, 0.1) is 7.11 Å². The van der Waals surface area contributed by atoms with Crippen molar-refractivity contribution in [2.75, 3.05) is 19.0 Å². The third kappa shape index (κ3) is 6.90. The average molecular weight is 498 g/mol. The van der Waals surface area contributed by atoms with Crippen molar-refractivity contribution < 1.29 is 29.0 Å². The SMILES string of the molecule is COc1ccc(NC(=O)C(c2ccc(O)c(C)c2)N(C(=O)CNC(=O)OC(C)(C)C)C2CCC2)cc1. The Bertz CT molecular complexity index is 1090. The van der Waals surface area contributed by atoms with Crippen molar-refractivity contribution in [3.63, 3.8) is 0 Å². The number of ether oxygens (including phenoxy) is 2. The van der Waals surface area contributed by atoms with Crippen LogP contribution in [0.3, 0.4) is 0 Å². The summed E-state index contributed by atoms with van der Waals surface area (Å²) in [7, 11) is 1.56. The molecule has 0 saturated heterocycles. The average Bonchev–Trinajstić information content (AvgIpc) is 2.77. The molecule has 0 radical (unpaired) electrons. The summed E-state index contributed by atoms with van der Waals surface area (Å²) < 4.78 is 10.4. The molecule has 36 heavy (non-hydrogen) atoms. The van der Waals surface area contributed by atoms with Crippen molar-refractivity contribution in [1.82, 2.24) is 10.2 Å². The van der Waals surface area contributed by atoms with Crippen LogP contribution in [0.4, 0.5) is 10.5 Å². The number of alkyl carbamates (subject to hydrolysis) is 1. The summed E-state index contributed by atoms with van der Waals surface area (Å²) in [6.45, 7) is 6.64. The van der Waals surface area contributed by atoms with Crippen LogP contribution < -0.4 is 15.4 Å². The van der Waals surface area contributed by atoms with Crippen LogP contribution in [0.1, 0.15) is 57.2 Å². The van der Waals surface area contributed by atoms with Gasteiger partial charge in [0.15, 0.2) is 0 Å². The first-order valence-electron chi connectivity index (χ1n) is 12.0. The number of phenolic OH excluding ortho intramolecular Hbond substituents is 1. The van der Waals surface area contributed by atoms with Crippen molar-refractivity contribution in [3.8, 4) is 11.5 Å². The Morgan fingerprint density at radius 1 is 1.11 bits per heavy atom. The van der Waals surface area contributed by atoms with Crippen molar-refractivity contribution >= 4 is 23.6 Å². The van der Waals surface area contributed by atoms with E-state index in [1.807, 2.05) is 0 Å². The van der Waals surface area contributed by atoms with E-state index in [9.17, 15) is 19.5 Å². The molecule has 1 aliphatic rings. The Labute approximate surface area is 211 Å². The predicted octanol–water partition coefficient (Wildman–Crippen LogP) is 4.29. The quantitative estimate of drug-likeness (QED) is 0.501. The van der Waals surface area contributed by atoms with Crippen molar-refractivity contribution in [2.24, 2.45) is 0 Å². The van der Waals surface area contributed by atoms with E-state index in [2.05, 4.69) is 10.6 Å². The molecular weight excluding hydrogens is 462 g/mol. The van der Waals surface area contributed by atoms with E-state index in [4.69, 9.17) is 9.47 Å². The minimum atomic E-state index is -0.968. The first kappa shape index (κ1) is 26.8. The van der Waals surface area contributed by atoms with Crippen LogP contribution in [-0.4, -0.2) is 53.2 Å². The second kappa shape index (κ2) is 11.3. The van der Waals surface area contributed by atoms with E-state index in [0.29, 0.717) is 22.6 Å². The highest BCUT2D eigenvalue weighted by molar-refractivity contribution is 5.98. The second-order valence-electron chi connectivity index (χ2n) is 9.91. The minimum Gasteiger partial charge on any atom is -0.508 e. The van der Waals surface area contributed by atoms with Gasteiger partial charge in [-0.05, 0) is 94.5 Å². The lowest BCUT2D eigenvalue weighted by molar-refractivity contribution is -0.143. The van der Waals surface area contributed by atoms with Crippen LogP contribution in [0.2, 0.25) is 0 Å². The number of aryl methyl sites for hydroxylation is 1. The Balaban J connectivity index is 1.90. The van der Waals surface area contributed by atoms with Crippen molar-refractivity contribution in [3.05, 3.63) is 53.6 Å². The van der Waals surface area contributed by atoms with Crippen LogP contribution >= 0.6 is 0 Å². The summed E-state index contributed by atoms with van der Waals surface area (Å²) in [6.07, 6.45) is 1.74. The molecule has 1 fully saturated rings. The number of benzene rings is 2. The maximum atomic E-state index is 13.7. The van der Waals surface area contributed by atoms with Gasteiger partial charge in [-0.25, -0.2) is 4.79 Å².